The fraction of sp³-hybridized carbons (Fsp3) is 0.800. The number of rotatable bonds is 3. The van der Waals surface area contributed by atoms with Gasteiger partial charge in [-0.15, -0.1) is 0 Å². The van der Waals surface area contributed by atoms with Gasteiger partial charge in [0.1, 0.15) is 5.82 Å². The lowest BCUT2D eigenvalue weighted by Gasteiger charge is -2.33. The Labute approximate surface area is 111 Å². The van der Waals surface area contributed by atoms with Crippen LogP contribution in [0.2, 0.25) is 0 Å². The average Bonchev–Trinajstić information content (AvgIpc) is 2.77. The second kappa shape index (κ2) is 5.43. The molecule has 0 aromatic carbocycles. The first-order valence-electron chi connectivity index (χ1n) is 7.36. The van der Waals surface area contributed by atoms with Gasteiger partial charge in [0, 0.05) is 24.7 Å². The van der Waals surface area contributed by atoms with E-state index < -0.39 is 0 Å². The maximum Gasteiger partial charge on any atom is 0.109 e. The smallest absolute Gasteiger partial charge is 0.109 e. The monoisotopic (exact) mass is 249 g/mol. The fourth-order valence-electron chi connectivity index (χ4n) is 3.02. The molecule has 1 fully saturated rings. The number of hydrogen-bond acceptors (Lipinski definition) is 2. The summed E-state index contributed by atoms with van der Waals surface area (Å²) < 4.78 is 2.40. The van der Waals surface area contributed by atoms with Crippen LogP contribution in [0.15, 0.2) is 6.20 Å². The largest absolute Gasteiger partial charge is 0.332 e. The van der Waals surface area contributed by atoms with Crippen LogP contribution >= 0.6 is 0 Å². The van der Waals surface area contributed by atoms with E-state index in [-0.39, 0.29) is 6.04 Å². The highest BCUT2D eigenvalue weighted by molar-refractivity contribution is 5.09. The third-order valence-corrected chi connectivity index (χ3v) is 4.57. The van der Waals surface area contributed by atoms with Crippen molar-refractivity contribution in [3.05, 3.63) is 17.7 Å². The number of aromatic nitrogens is 2. The van der Waals surface area contributed by atoms with Gasteiger partial charge in [-0.25, -0.2) is 4.98 Å². The quantitative estimate of drug-likeness (QED) is 0.891. The summed E-state index contributed by atoms with van der Waals surface area (Å²) in [5, 5.41) is 0. The lowest BCUT2D eigenvalue weighted by atomic mass is 9.79. The Balaban J connectivity index is 2.22. The van der Waals surface area contributed by atoms with Crippen LogP contribution in [-0.4, -0.2) is 9.55 Å². The SMILES string of the molecule is CCc1nc([C@@H](C)N)cn1C1CCC(C)C(C)C1. The molecular weight excluding hydrogens is 222 g/mol. The molecule has 0 aliphatic heterocycles. The molecule has 0 saturated heterocycles. The molecule has 1 aliphatic carbocycles. The van der Waals surface area contributed by atoms with Gasteiger partial charge in [0.15, 0.2) is 0 Å². The maximum atomic E-state index is 5.95. The van der Waals surface area contributed by atoms with Crippen molar-refractivity contribution < 1.29 is 0 Å². The number of imidazole rings is 1. The Morgan fingerprint density at radius 2 is 2.11 bits per heavy atom. The van der Waals surface area contributed by atoms with Crippen molar-refractivity contribution in [1.82, 2.24) is 9.55 Å². The normalized spacial score (nSPS) is 30.4. The molecule has 0 radical (unpaired) electrons. The summed E-state index contributed by atoms with van der Waals surface area (Å²) >= 11 is 0. The predicted molar refractivity (Wildman–Crippen MR) is 75.4 cm³/mol. The van der Waals surface area contributed by atoms with E-state index in [9.17, 15) is 0 Å². The molecule has 1 aromatic rings. The zero-order valence-corrected chi connectivity index (χ0v) is 12.2. The van der Waals surface area contributed by atoms with Gasteiger partial charge in [-0.1, -0.05) is 20.8 Å². The van der Waals surface area contributed by atoms with E-state index in [0.717, 1.165) is 24.0 Å². The Morgan fingerprint density at radius 3 is 2.67 bits per heavy atom. The topological polar surface area (TPSA) is 43.8 Å². The summed E-state index contributed by atoms with van der Waals surface area (Å²) in [7, 11) is 0. The number of nitrogens with two attached hydrogens (primary N) is 1. The second-order valence-corrected chi connectivity index (χ2v) is 6.05. The van der Waals surface area contributed by atoms with Crippen molar-refractivity contribution in [3.63, 3.8) is 0 Å². The minimum Gasteiger partial charge on any atom is -0.332 e. The van der Waals surface area contributed by atoms with Crippen LogP contribution in [0, 0.1) is 11.8 Å². The Bertz CT molecular complexity index is 394. The van der Waals surface area contributed by atoms with Crippen LogP contribution in [0.5, 0.6) is 0 Å². The maximum absolute atomic E-state index is 5.95. The molecule has 1 aromatic heterocycles. The van der Waals surface area contributed by atoms with Gasteiger partial charge in [-0.2, -0.15) is 0 Å². The Hall–Kier alpha value is -0.830. The summed E-state index contributed by atoms with van der Waals surface area (Å²) in [6.07, 6.45) is 7.08. The summed E-state index contributed by atoms with van der Waals surface area (Å²) in [4.78, 5) is 4.69. The minimum absolute atomic E-state index is 0.0384. The van der Waals surface area contributed by atoms with Gasteiger partial charge < -0.3 is 10.3 Å². The van der Waals surface area contributed by atoms with E-state index in [1.807, 2.05) is 6.92 Å². The van der Waals surface area contributed by atoms with Gasteiger partial charge >= 0.3 is 0 Å². The van der Waals surface area contributed by atoms with Crippen molar-refractivity contribution >= 4 is 0 Å². The molecule has 4 atom stereocenters. The second-order valence-electron chi connectivity index (χ2n) is 6.05. The molecule has 3 unspecified atom stereocenters. The lowest BCUT2D eigenvalue weighted by molar-refractivity contribution is 0.208. The predicted octanol–water partition coefficient (Wildman–Crippen LogP) is 3.46. The molecule has 0 bridgehead atoms. The van der Waals surface area contributed by atoms with Crippen molar-refractivity contribution in [3.8, 4) is 0 Å². The Kier molecular flexibility index (Phi) is 4.10. The van der Waals surface area contributed by atoms with E-state index in [1.54, 1.807) is 0 Å². The van der Waals surface area contributed by atoms with E-state index in [4.69, 9.17) is 5.73 Å². The lowest BCUT2D eigenvalue weighted by Crippen LogP contribution is -2.24. The number of hydrogen-bond donors (Lipinski definition) is 1. The van der Waals surface area contributed by atoms with Crippen LogP contribution in [0.25, 0.3) is 0 Å². The van der Waals surface area contributed by atoms with E-state index in [2.05, 4.69) is 36.5 Å². The first kappa shape index (κ1) is 13.6. The molecule has 1 saturated carbocycles. The van der Waals surface area contributed by atoms with Crippen LogP contribution in [0.4, 0.5) is 0 Å². The number of aryl methyl sites for hydroxylation is 1. The zero-order valence-electron chi connectivity index (χ0n) is 12.2. The molecule has 3 heteroatoms. The molecule has 0 spiro atoms. The molecule has 0 amide bonds. The van der Waals surface area contributed by atoms with Crippen molar-refractivity contribution in [2.75, 3.05) is 0 Å². The summed E-state index contributed by atoms with van der Waals surface area (Å²) in [5.41, 5.74) is 6.99. The highest BCUT2D eigenvalue weighted by Crippen LogP contribution is 2.37. The van der Waals surface area contributed by atoms with E-state index in [0.29, 0.717) is 6.04 Å². The molecule has 3 nitrogen and oxygen atoms in total. The van der Waals surface area contributed by atoms with Crippen LogP contribution in [-0.2, 0) is 6.42 Å². The van der Waals surface area contributed by atoms with Crippen LogP contribution < -0.4 is 5.73 Å². The molecular formula is C15H27N3. The van der Waals surface area contributed by atoms with Gasteiger partial charge in [0.05, 0.1) is 5.69 Å². The average molecular weight is 249 g/mol. The minimum atomic E-state index is 0.0384. The van der Waals surface area contributed by atoms with Gasteiger partial charge in [0.25, 0.3) is 0 Å². The first-order valence-corrected chi connectivity index (χ1v) is 7.36. The first-order chi connectivity index (χ1) is 8.52. The van der Waals surface area contributed by atoms with Crippen LogP contribution in [0.3, 0.4) is 0 Å². The van der Waals surface area contributed by atoms with Gasteiger partial charge in [-0.05, 0) is 38.0 Å². The molecule has 2 N–H and O–H groups in total. The van der Waals surface area contributed by atoms with E-state index >= 15 is 0 Å². The third kappa shape index (κ3) is 2.61. The summed E-state index contributed by atoms with van der Waals surface area (Å²) in [6, 6.07) is 0.669. The highest BCUT2D eigenvalue weighted by Gasteiger charge is 2.27. The van der Waals surface area contributed by atoms with Crippen molar-refractivity contribution in [1.29, 1.82) is 0 Å². The van der Waals surface area contributed by atoms with Gasteiger partial charge in [-0.3, -0.25) is 0 Å². The highest BCUT2D eigenvalue weighted by atomic mass is 15.1. The third-order valence-electron chi connectivity index (χ3n) is 4.57. The standard InChI is InChI=1S/C15H27N3/c1-5-15-17-14(12(4)16)9-18(15)13-7-6-10(2)11(3)8-13/h9-13H,5-8,16H2,1-4H3/t10?,11?,12-,13?/m1/s1. The van der Waals surface area contributed by atoms with Crippen molar-refractivity contribution in [2.24, 2.45) is 17.6 Å². The fourth-order valence-corrected chi connectivity index (χ4v) is 3.02. The van der Waals surface area contributed by atoms with Gasteiger partial charge in [0.2, 0.25) is 0 Å². The molecule has 2 rings (SSSR count). The summed E-state index contributed by atoms with van der Waals surface area (Å²) in [6.45, 7) is 8.95. The zero-order chi connectivity index (χ0) is 13.3. The molecule has 1 heterocycles. The molecule has 1 aliphatic rings. The van der Waals surface area contributed by atoms with Crippen molar-refractivity contribution in [2.45, 2.75) is 65.5 Å². The Morgan fingerprint density at radius 1 is 1.39 bits per heavy atom. The number of nitrogens with zero attached hydrogens (tertiary/aromatic N) is 2. The van der Waals surface area contributed by atoms with E-state index in [1.165, 1.54) is 25.1 Å². The van der Waals surface area contributed by atoms with Crippen LogP contribution in [0.1, 0.15) is 70.6 Å². The summed E-state index contributed by atoms with van der Waals surface area (Å²) in [5.74, 6) is 2.88. The molecule has 102 valence electrons. The molecule has 18 heavy (non-hydrogen) atoms.